The number of aryl methyl sites for hydroxylation is 1. The van der Waals surface area contributed by atoms with E-state index in [1.807, 2.05) is 19.1 Å². The monoisotopic (exact) mass is 537 g/mol. The topological polar surface area (TPSA) is 168 Å². The average Bonchev–Trinajstić information content (AvgIpc) is 3.25. The third-order valence-electron chi connectivity index (χ3n) is 8.18. The molecule has 0 spiro atoms. The highest BCUT2D eigenvalue weighted by atomic mass is 32.1. The number of aromatic nitrogens is 1. The van der Waals surface area contributed by atoms with Crippen molar-refractivity contribution in [2.45, 2.75) is 31.4 Å². The first-order valence-corrected chi connectivity index (χ1v) is 13.0. The first kappa shape index (κ1) is 26.1. The molecule has 11 heteroatoms. The zero-order valence-corrected chi connectivity index (χ0v) is 21.8. The molecule has 10 nitrogen and oxygen atoms in total. The molecule has 1 aromatic carbocycles. The van der Waals surface area contributed by atoms with Crippen LogP contribution in [0.2, 0.25) is 0 Å². The highest BCUT2D eigenvalue weighted by molar-refractivity contribution is 7.10. The third-order valence-corrected chi connectivity index (χ3v) is 9.07. The SMILES string of the molecule is Cc1ncsc1/C=C/c1ccc(O)c2c1C[C@H]1C[C@H]3[C@H](N(C)C)C(=O)C(C(N)=O)C(=O)[C@@]3(O)C(=O)C1C2=O. The average molecular weight is 538 g/mol. The molecule has 0 saturated heterocycles. The number of amides is 1. The van der Waals surface area contributed by atoms with Crippen LogP contribution in [0, 0.1) is 30.6 Å². The van der Waals surface area contributed by atoms with E-state index in [1.165, 1.54) is 22.3 Å². The van der Waals surface area contributed by atoms with E-state index in [0.29, 0.717) is 11.1 Å². The van der Waals surface area contributed by atoms with Gasteiger partial charge in [0.05, 0.1) is 28.7 Å². The third kappa shape index (κ3) is 3.60. The van der Waals surface area contributed by atoms with Crippen LogP contribution in [0.3, 0.4) is 0 Å². The number of Topliss-reactive ketones (excluding diaryl/α,β-unsaturated/α-hetero) is 4. The number of rotatable bonds is 4. The minimum Gasteiger partial charge on any atom is -0.507 e. The molecule has 5 rings (SSSR count). The molecule has 2 aromatic rings. The second-order valence-corrected chi connectivity index (χ2v) is 11.3. The number of ketones is 4. The quantitative estimate of drug-likeness (QED) is 0.478. The number of carbonyl (C=O) groups excluding carboxylic acids is 5. The van der Waals surface area contributed by atoms with E-state index in [1.54, 1.807) is 25.7 Å². The Morgan fingerprint density at radius 3 is 2.50 bits per heavy atom. The molecule has 0 radical (unpaired) electrons. The highest BCUT2D eigenvalue weighted by Gasteiger charge is 2.69. The number of primary amides is 1. The molecule has 1 amide bonds. The number of fused-ring (bicyclic) bond motifs is 3. The molecule has 2 saturated carbocycles. The van der Waals surface area contributed by atoms with Gasteiger partial charge in [-0.3, -0.25) is 28.9 Å². The van der Waals surface area contributed by atoms with Crippen LogP contribution in [0.4, 0.5) is 0 Å². The van der Waals surface area contributed by atoms with Gasteiger partial charge in [-0.2, -0.15) is 0 Å². The van der Waals surface area contributed by atoms with E-state index >= 15 is 0 Å². The Bertz CT molecular complexity index is 1440. The summed E-state index contributed by atoms with van der Waals surface area (Å²) in [5.41, 5.74) is 6.39. The fourth-order valence-corrected chi connectivity index (χ4v) is 7.12. The Balaban J connectivity index is 1.61. The van der Waals surface area contributed by atoms with Crippen molar-refractivity contribution >= 4 is 52.5 Å². The van der Waals surface area contributed by atoms with Crippen LogP contribution in [0.25, 0.3) is 12.2 Å². The molecular formula is C27H27N3O7S. The molecule has 2 unspecified atom stereocenters. The van der Waals surface area contributed by atoms with Gasteiger partial charge >= 0.3 is 0 Å². The van der Waals surface area contributed by atoms with Gasteiger partial charge in [-0.25, -0.2) is 4.98 Å². The fourth-order valence-electron chi connectivity index (χ4n) is 6.42. The van der Waals surface area contributed by atoms with Crippen molar-refractivity contribution in [1.29, 1.82) is 0 Å². The molecule has 0 aliphatic heterocycles. The number of thiazole rings is 1. The fraction of sp³-hybridized carbons (Fsp3) is 0.407. The normalized spacial score (nSPS) is 30.9. The molecule has 0 bridgehead atoms. The number of phenols is 1. The molecule has 2 fully saturated rings. The molecule has 198 valence electrons. The summed E-state index contributed by atoms with van der Waals surface area (Å²) >= 11 is 1.46. The van der Waals surface area contributed by atoms with Gasteiger partial charge in [-0.15, -0.1) is 11.3 Å². The summed E-state index contributed by atoms with van der Waals surface area (Å²) in [6.07, 6.45) is 3.91. The molecule has 3 aliphatic carbocycles. The Labute approximate surface area is 222 Å². The zero-order chi connectivity index (χ0) is 27.7. The second-order valence-electron chi connectivity index (χ2n) is 10.5. The lowest BCUT2D eigenvalue weighted by Gasteiger charge is -2.52. The smallest absolute Gasteiger partial charge is 0.235 e. The van der Waals surface area contributed by atoms with Crippen molar-refractivity contribution in [3.05, 3.63) is 44.9 Å². The van der Waals surface area contributed by atoms with Crippen molar-refractivity contribution in [3.8, 4) is 5.75 Å². The van der Waals surface area contributed by atoms with Crippen LogP contribution >= 0.6 is 11.3 Å². The summed E-state index contributed by atoms with van der Waals surface area (Å²) in [6, 6.07) is 1.93. The largest absolute Gasteiger partial charge is 0.507 e. The van der Waals surface area contributed by atoms with E-state index in [4.69, 9.17) is 5.73 Å². The van der Waals surface area contributed by atoms with E-state index in [2.05, 4.69) is 4.98 Å². The predicted octanol–water partition coefficient (Wildman–Crippen LogP) is 0.802. The van der Waals surface area contributed by atoms with E-state index in [9.17, 15) is 34.2 Å². The standard InChI is InChI=1S/C27H27N3O7S/c1-11-17(38-10-29-11)7-5-12-4-6-16(31)19-14(12)8-13-9-15-21(30(2)3)23(33)20(26(28)36)25(35)27(15,37)24(34)18(13)22(19)32/h4-7,10,13,15,18,20-21,31,37H,8-9H2,1-3H3,(H2,28,36)/b7-5+/t13-,15-,18?,20?,21-,27-/m0/s1. The number of likely N-dealkylation sites (N-methyl/N-ethyl adjacent to an activating group) is 1. The maximum atomic E-state index is 13.8. The second kappa shape index (κ2) is 9.04. The van der Waals surface area contributed by atoms with Crippen LogP contribution in [-0.2, 0) is 25.6 Å². The number of phenolic OH excluding ortho intramolecular Hbond substituents is 1. The lowest BCUT2D eigenvalue weighted by Crippen LogP contribution is -2.74. The van der Waals surface area contributed by atoms with Crippen LogP contribution in [0.15, 0.2) is 17.6 Å². The number of carbonyl (C=O) groups is 5. The molecule has 4 N–H and O–H groups in total. The number of aliphatic hydroxyl groups is 1. The molecule has 38 heavy (non-hydrogen) atoms. The lowest BCUT2D eigenvalue weighted by atomic mass is 9.52. The Hall–Kier alpha value is -3.54. The predicted molar refractivity (Wildman–Crippen MR) is 137 cm³/mol. The molecule has 1 heterocycles. The molecular weight excluding hydrogens is 510 g/mol. The number of nitrogens with two attached hydrogens (primary N) is 1. The minimum absolute atomic E-state index is 0.0106. The minimum atomic E-state index is -2.73. The maximum Gasteiger partial charge on any atom is 0.235 e. The van der Waals surface area contributed by atoms with Crippen molar-refractivity contribution in [2.24, 2.45) is 29.4 Å². The van der Waals surface area contributed by atoms with Crippen molar-refractivity contribution in [3.63, 3.8) is 0 Å². The lowest BCUT2D eigenvalue weighted by molar-refractivity contribution is -0.181. The zero-order valence-electron chi connectivity index (χ0n) is 21.0. The van der Waals surface area contributed by atoms with Crippen LogP contribution in [0.1, 0.15) is 38.5 Å². The van der Waals surface area contributed by atoms with Crippen LogP contribution in [0.5, 0.6) is 5.75 Å². The molecule has 3 aliphatic rings. The summed E-state index contributed by atoms with van der Waals surface area (Å²) in [5.74, 6) is -10.5. The van der Waals surface area contributed by atoms with Gasteiger partial charge in [0, 0.05) is 10.8 Å². The van der Waals surface area contributed by atoms with Gasteiger partial charge in [0.2, 0.25) is 5.91 Å². The number of aromatic hydroxyl groups is 1. The van der Waals surface area contributed by atoms with Gasteiger partial charge in [0.15, 0.2) is 34.7 Å². The van der Waals surface area contributed by atoms with Gasteiger partial charge in [0.1, 0.15) is 5.75 Å². The van der Waals surface area contributed by atoms with E-state index in [0.717, 1.165) is 10.6 Å². The number of hydrogen-bond donors (Lipinski definition) is 3. The highest BCUT2D eigenvalue weighted by Crippen LogP contribution is 2.51. The van der Waals surface area contributed by atoms with Gasteiger partial charge in [-0.05, 0) is 63.0 Å². The first-order chi connectivity index (χ1) is 17.9. The summed E-state index contributed by atoms with van der Waals surface area (Å²) in [4.78, 5) is 72.7. The van der Waals surface area contributed by atoms with Crippen molar-refractivity contribution in [1.82, 2.24) is 9.88 Å². The van der Waals surface area contributed by atoms with Gasteiger partial charge in [-0.1, -0.05) is 12.1 Å². The maximum absolute atomic E-state index is 13.8. The summed E-state index contributed by atoms with van der Waals surface area (Å²) < 4.78 is 0. The molecule has 6 atom stereocenters. The van der Waals surface area contributed by atoms with Gasteiger partial charge < -0.3 is 15.9 Å². The summed E-state index contributed by atoms with van der Waals surface area (Å²) in [6.45, 7) is 1.88. The Kier molecular flexibility index (Phi) is 6.20. The summed E-state index contributed by atoms with van der Waals surface area (Å²) in [5, 5.41) is 22.2. The van der Waals surface area contributed by atoms with Crippen molar-refractivity contribution in [2.75, 3.05) is 14.1 Å². The van der Waals surface area contributed by atoms with Crippen molar-refractivity contribution < 1.29 is 34.2 Å². The van der Waals surface area contributed by atoms with Crippen LogP contribution in [-0.4, -0.2) is 74.9 Å². The molecule has 1 aromatic heterocycles. The summed E-state index contributed by atoms with van der Waals surface area (Å²) in [7, 11) is 3.11. The first-order valence-electron chi connectivity index (χ1n) is 12.2. The van der Waals surface area contributed by atoms with Gasteiger partial charge in [0.25, 0.3) is 0 Å². The number of nitrogens with zero attached hydrogens (tertiary/aromatic N) is 2. The number of benzene rings is 1. The number of hydrogen-bond acceptors (Lipinski definition) is 10. The van der Waals surface area contributed by atoms with E-state index in [-0.39, 0.29) is 24.2 Å². The van der Waals surface area contributed by atoms with E-state index < -0.39 is 64.4 Å². The Morgan fingerprint density at radius 1 is 1.18 bits per heavy atom. The van der Waals surface area contributed by atoms with Crippen LogP contribution < -0.4 is 5.73 Å². The Morgan fingerprint density at radius 2 is 1.89 bits per heavy atom.